The Morgan fingerprint density at radius 3 is 2.67 bits per heavy atom. The molecule has 5 rings (SSSR count). The van der Waals surface area contributed by atoms with Gasteiger partial charge in [-0.3, -0.25) is 13.9 Å². The van der Waals surface area contributed by atoms with Crippen molar-refractivity contribution in [3.8, 4) is 10.4 Å². The summed E-state index contributed by atoms with van der Waals surface area (Å²) in [5, 5.41) is 7.24. The topological polar surface area (TPSA) is 95.0 Å². The lowest BCUT2D eigenvalue weighted by molar-refractivity contribution is 0.345. The molecular weight excluding hydrogens is 402 g/mol. The number of hydrogen-bond donors (Lipinski definition) is 1. The summed E-state index contributed by atoms with van der Waals surface area (Å²) in [5.41, 5.74) is 1.09. The fourth-order valence-electron chi connectivity index (χ4n) is 4.00. The molecule has 0 saturated carbocycles. The second-order valence-corrected chi connectivity index (χ2v) is 8.50. The van der Waals surface area contributed by atoms with Gasteiger partial charge in [-0.1, -0.05) is 35.5 Å². The van der Waals surface area contributed by atoms with Gasteiger partial charge < -0.3 is 9.84 Å². The van der Waals surface area contributed by atoms with Crippen molar-refractivity contribution >= 4 is 21.6 Å². The Balaban J connectivity index is 1.74. The van der Waals surface area contributed by atoms with Gasteiger partial charge in [0.15, 0.2) is 5.82 Å². The van der Waals surface area contributed by atoms with Gasteiger partial charge >= 0.3 is 5.69 Å². The minimum absolute atomic E-state index is 0.115. The van der Waals surface area contributed by atoms with E-state index in [0.29, 0.717) is 21.9 Å². The minimum Gasteiger partial charge on any atom is -0.340 e. The van der Waals surface area contributed by atoms with Gasteiger partial charge in [0.1, 0.15) is 4.70 Å². The lowest BCUT2D eigenvalue weighted by atomic mass is 10.1. The molecule has 4 heterocycles. The molecule has 3 aromatic heterocycles. The first-order chi connectivity index (χ1) is 14.6. The van der Waals surface area contributed by atoms with Gasteiger partial charge in [-0.2, -0.15) is 4.98 Å². The lowest BCUT2D eigenvalue weighted by Gasteiger charge is -2.24. The number of nitrogens with zero attached hydrogens (tertiary/aromatic N) is 4. The first-order valence-corrected chi connectivity index (χ1v) is 10.8. The summed E-state index contributed by atoms with van der Waals surface area (Å²) in [4.78, 5) is 32.1. The number of nitrogens with one attached hydrogen (secondary N) is 1. The van der Waals surface area contributed by atoms with E-state index in [1.54, 1.807) is 11.5 Å². The van der Waals surface area contributed by atoms with Crippen LogP contribution in [0.3, 0.4) is 0 Å². The number of hydrogen-bond acceptors (Lipinski definition) is 7. The van der Waals surface area contributed by atoms with Crippen molar-refractivity contribution in [2.75, 3.05) is 13.1 Å². The summed E-state index contributed by atoms with van der Waals surface area (Å²) >= 11 is 1.42. The molecule has 1 aliphatic heterocycles. The standard InChI is InChI=1S/C21H21N5O3S/c1-13-23-18(24-29-13)12-25-16-11-17(14-5-3-2-4-6-14)30-19(16)20(27)26(21(25)28)15-7-9-22-10-8-15/h2-6,11,15,22H,7-10,12H2,1H3. The van der Waals surface area contributed by atoms with E-state index in [9.17, 15) is 9.59 Å². The fraction of sp³-hybridized carbons (Fsp3) is 0.333. The van der Waals surface area contributed by atoms with Crippen LogP contribution in [0.4, 0.5) is 0 Å². The summed E-state index contributed by atoms with van der Waals surface area (Å²) in [6, 6.07) is 11.7. The predicted octanol–water partition coefficient (Wildman–Crippen LogP) is 2.56. The highest BCUT2D eigenvalue weighted by atomic mass is 32.1. The first-order valence-electron chi connectivity index (χ1n) is 9.96. The number of thiophene rings is 1. The molecule has 1 aliphatic rings. The van der Waals surface area contributed by atoms with Gasteiger partial charge in [0.05, 0.1) is 12.1 Å². The van der Waals surface area contributed by atoms with Crippen LogP contribution in [0.15, 0.2) is 50.5 Å². The molecule has 30 heavy (non-hydrogen) atoms. The maximum atomic E-state index is 13.5. The van der Waals surface area contributed by atoms with E-state index in [1.807, 2.05) is 36.4 Å². The molecule has 4 aromatic rings. The van der Waals surface area contributed by atoms with E-state index < -0.39 is 0 Å². The number of aromatic nitrogens is 4. The highest BCUT2D eigenvalue weighted by molar-refractivity contribution is 7.22. The van der Waals surface area contributed by atoms with Gasteiger partial charge in [0.2, 0.25) is 5.89 Å². The smallest absolute Gasteiger partial charge is 0.332 e. The number of rotatable bonds is 4. The third kappa shape index (κ3) is 3.29. The molecule has 0 amide bonds. The van der Waals surface area contributed by atoms with Gasteiger partial charge in [-0.15, -0.1) is 11.3 Å². The van der Waals surface area contributed by atoms with Crippen LogP contribution in [0.5, 0.6) is 0 Å². The zero-order valence-corrected chi connectivity index (χ0v) is 17.3. The SMILES string of the molecule is Cc1nc(Cn2c(=O)n(C3CCNCC3)c(=O)c3sc(-c4ccccc4)cc32)no1. The van der Waals surface area contributed by atoms with Crippen molar-refractivity contribution in [2.24, 2.45) is 0 Å². The van der Waals surface area contributed by atoms with Crippen LogP contribution in [0.1, 0.15) is 30.6 Å². The molecule has 9 heteroatoms. The van der Waals surface area contributed by atoms with Gasteiger partial charge in [0, 0.05) is 17.8 Å². The molecular formula is C21H21N5O3S. The summed E-state index contributed by atoms with van der Waals surface area (Å²) < 4.78 is 8.69. The summed E-state index contributed by atoms with van der Waals surface area (Å²) in [6.07, 6.45) is 1.50. The van der Waals surface area contributed by atoms with Crippen LogP contribution in [0.25, 0.3) is 20.7 Å². The highest BCUT2D eigenvalue weighted by Gasteiger charge is 2.24. The van der Waals surface area contributed by atoms with Crippen molar-refractivity contribution in [1.82, 2.24) is 24.6 Å². The van der Waals surface area contributed by atoms with Crippen LogP contribution >= 0.6 is 11.3 Å². The molecule has 154 valence electrons. The number of piperidine rings is 1. The molecule has 8 nitrogen and oxygen atoms in total. The Hall–Kier alpha value is -3.04. The number of benzene rings is 1. The van der Waals surface area contributed by atoms with Crippen LogP contribution in [0, 0.1) is 6.92 Å². The van der Waals surface area contributed by atoms with Gasteiger partial charge in [0.25, 0.3) is 5.56 Å². The molecule has 1 fully saturated rings. The lowest BCUT2D eigenvalue weighted by Crippen LogP contribution is -2.45. The molecule has 1 N–H and O–H groups in total. The first kappa shape index (κ1) is 19.0. The van der Waals surface area contributed by atoms with E-state index in [-0.39, 0.29) is 23.8 Å². The largest absolute Gasteiger partial charge is 0.340 e. The number of aryl methyl sites for hydroxylation is 1. The Labute approximate surface area is 175 Å². The molecule has 0 bridgehead atoms. The Bertz CT molecular complexity index is 1310. The molecule has 1 aromatic carbocycles. The molecule has 1 saturated heterocycles. The Morgan fingerprint density at radius 2 is 1.97 bits per heavy atom. The van der Waals surface area contributed by atoms with E-state index in [1.165, 1.54) is 15.9 Å². The van der Waals surface area contributed by atoms with E-state index >= 15 is 0 Å². The molecule has 0 unspecified atom stereocenters. The third-order valence-electron chi connectivity index (χ3n) is 5.45. The summed E-state index contributed by atoms with van der Waals surface area (Å²) in [5.74, 6) is 0.857. The normalized spacial score (nSPS) is 15.1. The zero-order valence-electron chi connectivity index (χ0n) is 16.5. The minimum atomic E-state index is -0.320. The Morgan fingerprint density at radius 1 is 1.20 bits per heavy atom. The second kappa shape index (κ2) is 7.66. The number of fused-ring (bicyclic) bond motifs is 1. The highest BCUT2D eigenvalue weighted by Crippen LogP contribution is 2.31. The average Bonchev–Trinajstić information content (AvgIpc) is 3.39. The van der Waals surface area contributed by atoms with E-state index in [4.69, 9.17) is 4.52 Å². The third-order valence-corrected chi connectivity index (χ3v) is 6.62. The van der Waals surface area contributed by atoms with Crippen molar-refractivity contribution in [3.05, 3.63) is 69.0 Å². The van der Waals surface area contributed by atoms with Gasteiger partial charge in [-0.25, -0.2) is 4.79 Å². The average molecular weight is 423 g/mol. The van der Waals surface area contributed by atoms with E-state index in [0.717, 1.165) is 36.4 Å². The van der Waals surface area contributed by atoms with Crippen molar-refractivity contribution in [2.45, 2.75) is 32.4 Å². The van der Waals surface area contributed by atoms with Crippen LogP contribution in [-0.2, 0) is 6.54 Å². The molecule has 0 spiro atoms. The monoisotopic (exact) mass is 423 g/mol. The van der Waals surface area contributed by atoms with Crippen LogP contribution in [-0.4, -0.2) is 32.4 Å². The molecule has 0 aliphatic carbocycles. The van der Waals surface area contributed by atoms with Crippen molar-refractivity contribution in [3.63, 3.8) is 0 Å². The van der Waals surface area contributed by atoms with Crippen LogP contribution < -0.4 is 16.6 Å². The maximum Gasteiger partial charge on any atom is 0.332 e. The fourth-order valence-corrected chi connectivity index (χ4v) is 5.10. The molecule has 0 radical (unpaired) electrons. The Kier molecular flexibility index (Phi) is 4.84. The summed E-state index contributed by atoms with van der Waals surface area (Å²) in [7, 11) is 0. The predicted molar refractivity (Wildman–Crippen MR) is 115 cm³/mol. The second-order valence-electron chi connectivity index (χ2n) is 7.45. The summed E-state index contributed by atoms with van der Waals surface area (Å²) in [6.45, 7) is 3.45. The van der Waals surface area contributed by atoms with Gasteiger partial charge in [-0.05, 0) is 37.6 Å². The maximum absolute atomic E-state index is 13.5. The van der Waals surface area contributed by atoms with Crippen LogP contribution in [0.2, 0.25) is 0 Å². The zero-order chi connectivity index (χ0) is 20.7. The van der Waals surface area contributed by atoms with Crippen molar-refractivity contribution < 1.29 is 4.52 Å². The van der Waals surface area contributed by atoms with Crippen molar-refractivity contribution in [1.29, 1.82) is 0 Å². The molecule has 0 atom stereocenters. The van der Waals surface area contributed by atoms with E-state index in [2.05, 4.69) is 15.5 Å². The quantitative estimate of drug-likeness (QED) is 0.542.